The molecule has 0 fully saturated rings. The molecule has 148 valence electrons. The fraction of sp³-hybridized carbons (Fsp3) is 0.318. The lowest BCUT2D eigenvalue weighted by atomic mass is 10.1. The van der Waals surface area contributed by atoms with Crippen molar-refractivity contribution in [3.05, 3.63) is 59.2 Å². The monoisotopic (exact) mass is 382 g/mol. The maximum Gasteiger partial charge on any atom is 0.339 e. The van der Waals surface area contributed by atoms with Crippen LogP contribution < -0.4 is 10.2 Å². The van der Waals surface area contributed by atoms with E-state index < -0.39 is 5.97 Å². The minimum atomic E-state index is -0.529. The van der Waals surface area contributed by atoms with Gasteiger partial charge in [-0.1, -0.05) is 37.3 Å². The first kappa shape index (κ1) is 21.2. The maximum absolute atomic E-state index is 12.5. The number of amides is 2. The molecule has 28 heavy (non-hydrogen) atoms. The van der Waals surface area contributed by atoms with E-state index in [1.807, 2.05) is 32.0 Å². The van der Waals surface area contributed by atoms with Crippen LogP contribution in [0.15, 0.2) is 42.5 Å². The van der Waals surface area contributed by atoms with Crippen molar-refractivity contribution in [3.63, 3.8) is 0 Å². The van der Waals surface area contributed by atoms with E-state index in [1.165, 1.54) is 18.9 Å². The molecule has 0 aromatic heterocycles. The molecule has 2 aromatic carbocycles. The third kappa shape index (κ3) is 4.97. The number of ether oxygens (including phenoxy) is 1. The molecule has 0 spiro atoms. The molecule has 0 atom stereocenters. The molecule has 0 saturated heterocycles. The zero-order chi connectivity index (χ0) is 20.7. The molecule has 1 N–H and O–H groups in total. The van der Waals surface area contributed by atoms with Crippen molar-refractivity contribution in [2.24, 2.45) is 0 Å². The number of carbonyl (C=O) groups excluding carboxylic acids is 3. The topological polar surface area (TPSA) is 75.7 Å². The standard InChI is InChI=1S/C22H26N2O4/c1-5-17-10-8-9-15(2)21(17)23-20(26)13-14-24(16(3)25)19-12-7-6-11-18(19)22(27)28-4/h6-12H,5,13-14H2,1-4H3,(H,23,26). The number of rotatable bonds is 7. The van der Waals surface area contributed by atoms with Crippen LogP contribution in [0, 0.1) is 6.92 Å². The first-order chi connectivity index (χ1) is 13.4. The van der Waals surface area contributed by atoms with Crippen molar-refractivity contribution in [1.29, 1.82) is 0 Å². The van der Waals surface area contributed by atoms with Crippen molar-refractivity contribution in [3.8, 4) is 0 Å². The SMILES string of the molecule is CCc1cccc(C)c1NC(=O)CCN(C(C)=O)c1ccccc1C(=O)OC. The molecule has 2 amide bonds. The lowest BCUT2D eigenvalue weighted by molar-refractivity contribution is -0.117. The van der Waals surface area contributed by atoms with Crippen molar-refractivity contribution in [2.45, 2.75) is 33.6 Å². The van der Waals surface area contributed by atoms with Crippen LogP contribution in [-0.4, -0.2) is 31.4 Å². The summed E-state index contributed by atoms with van der Waals surface area (Å²) >= 11 is 0. The summed E-state index contributed by atoms with van der Waals surface area (Å²) in [5.41, 5.74) is 3.59. The van der Waals surface area contributed by atoms with Crippen LogP contribution in [0.25, 0.3) is 0 Å². The van der Waals surface area contributed by atoms with Gasteiger partial charge in [0, 0.05) is 25.6 Å². The molecule has 0 aliphatic heterocycles. The van der Waals surface area contributed by atoms with Gasteiger partial charge in [0.1, 0.15) is 0 Å². The zero-order valence-corrected chi connectivity index (χ0v) is 16.7. The van der Waals surface area contributed by atoms with E-state index in [2.05, 4.69) is 5.32 Å². The minimum Gasteiger partial charge on any atom is -0.465 e. The third-order valence-corrected chi connectivity index (χ3v) is 4.55. The van der Waals surface area contributed by atoms with Crippen LogP contribution in [0.5, 0.6) is 0 Å². The van der Waals surface area contributed by atoms with Gasteiger partial charge in [0.05, 0.1) is 18.4 Å². The Hall–Kier alpha value is -3.15. The number of nitrogens with one attached hydrogen (secondary N) is 1. The summed E-state index contributed by atoms with van der Waals surface area (Å²) < 4.78 is 4.79. The maximum atomic E-state index is 12.5. The number of esters is 1. The van der Waals surface area contributed by atoms with Gasteiger partial charge >= 0.3 is 5.97 Å². The molecule has 0 aliphatic rings. The summed E-state index contributed by atoms with van der Waals surface area (Å²) in [7, 11) is 1.29. The van der Waals surface area contributed by atoms with E-state index in [0.29, 0.717) is 5.69 Å². The van der Waals surface area contributed by atoms with Gasteiger partial charge in [0.2, 0.25) is 11.8 Å². The van der Waals surface area contributed by atoms with E-state index in [-0.39, 0.29) is 30.3 Å². The molecule has 0 aliphatic carbocycles. The van der Waals surface area contributed by atoms with Crippen LogP contribution >= 0.6 is 0 Å². The Labute approximate surface area is 165 Å². The summed E-state index contributed by atoms with van der Waals surface area (Å²) in [4.78, 5) is 38.1. The highest BCUT2D eigenvalue weighted by Crippen LogP contribution is 2.23. The van der Waals surface area contributed by atoms with Crippen molar-refractivity contribution < 1.29 is 19.1 Å². The van der Waals surface area contributed by atoms with Gasteiger partial charge in [0.25, 0.3) is 0 Å². The van der Waals surface area contributed by atoms with Crippen molar-refractivity contribution in [2.75, 3.05) is 23.9 Å². The average Bonchev–Trinajstić information content (AvgIpc) is 2.69. The second-order valence-corrected chi connectivity index (χ2v) is 6.44. The largest absolute Gasteiger partial charge is 0.465 e. The Morgan fingerprint density at radius 2 is 1.79 bits per heavy atom. The Kier molecular flexibility index (Phi) is 7.32. The molecule has 6 nitrogen and oxygen atoms in total. The van der Waals surface area contributed by atoms with Crippen molar-refractivity contribution in [1.82, 2.24) is 0 Å². The van der Waals surface area contributed by atoms with Crippen LogP contribution in [-0.2, 0) is 20.7 Å². The third-order valence-electron chi connectivity index (χ3n) is 4.55. The van der Waals surface area contributed by atoms with Gasteiger partial charge in [-0.2, -0.15) is 0 Å². The zero-order valence-electron chi connectivity index (χ0n) is 16.7. The van der Waals surface area contributed by atoms with E-state index in [4.69, 9.17) is 4.74 Å². The number of methoxy groups -OCH3 is 1. The molecular weight excluding hydrogens is 356 g/mol. The Bertz CT molecular complexity index is 877. The molecule has 0 unspecified atom stereocenters. The Balaban J connectivity index is 2.16. The molecule has 2 rings (SSSR count). The number of benzene rings is 2. The van der Waals surface area contributed by atoms with Gasteiger partial charge in [-0.05, 0) is 36.6 Å². The van der Waals surface area contributed by atoms with Gasteiger partial charge in [0.15, 0.2) is 0 Å². The molecule has 0 heterocycles. The number of carbonyl (C=O) groups is 3. The van der Waals surface area contributed by atoms with Gasteiger partial charge in [-0.15, -0.1) is 0 Å². The molecule has 0 radical (unpaired) electrons. The number of nitrogens with zero attached hydrogens (tertiary/aromatic N) is 1. The quantitative estimate of drug-likeness (QED) is 0.741. The number of hydrogen-bond donors (Lipinski definition) is 1. The van der Waals surface area contributed by atoms with Gasteiger partial charge in [-0.25, -0.2) is 4.79 Å². The number of anilines is 2. The lowest BCUT2D eigenvalue weighted by Crippen LogP contribution is -2.33. The lowest BCUT2D eigenvalue weighted by Gasteiger charge is -2.23. The fourth-order valence-electron chi connectivity index (χ4n) is 3.06. The summed E-state index contributed by atoms with van der Waals surface area (Å²) in [6.45, 7) is 5.54. The van der Waals surface area contributed by atoms with Crippen molar-refractivity contribution >= 4 is 29.2 Å². The van der Waals surface area contributed by atoms with E-state index in [9.17, 15) is 14.4 Å². The summed E-state index contributed by atoms with van der Waals surface area (Å²) in [5, 5.41) is 2.96. The highest BCUT2D eigenvalue weighted by molar-refractivity contribution is 6.02. The molecule has 0 bridgehead atoms. The number of para-hydroxylation sites is 2. The predicted octanol–water partition coefficient (Wildman–Crippen LogP) is 3.73. The van der Waals surface area contributed by atoms with Crippen LogP contribution in [0.4, 0.5) is 11.4 Å². The van der Waals surface area contributed by atoms with Crippen LogP contribution in [0.3, 0.4) is 0 Å². The summed E-state index contributed by atoms with van der Waals surface area (Å²) in [6.07, 6.45) is 0.913. The van der Waals surface area contributed by atoms with Crippen LogP contribution in [0.2, 0.25) is 0 Å². The Morgan fingerprint density at radius 3 is 2.43 bits per heavy atom. The second-order valence-electron chi connectivity index (χ2n) is 6.44. The number of hydrogen-bond acceptors (Lipinski definition) is 4. The highest BCUT2D eigenvalue weighted by atomic mass is 16.5. The van der Waals surface area contributed by atoms with Gasteiger partial charge in [-0.3, -0.25) is 9.59 Å². The minimum absolute atomic E-state index is 0.104. The van der Waals surface area contributed by atoms with E-state index in [1.54, 1.807) is 24.3 Å². The average molecular weight is 382 g/mol. The molecule has 2 aromatic rings. The van der Waals surface area contributed by atoms with E-state index >= 15 is 0 Å². The first-order valence-corrected chi connectivity index (χ1v) is 9.22. The molecule has 0 saturated carbocycles. The predicted molar refractivity (Wildman–Crippen MR) is 110 cm³/mol. The smallest absolute Gasteiger partial charge is 0.339 e. The number of aryl methyl sites for hydroxylation is 2. The molecular formula is C22H26N2O4. The highest BCUT2D eigenvalue weighted by Gasteiger charge is 2.20. The fourth-order valence-corrected chi connectivity index (χ4v) is 3.06. The first-order valence-electron chi connectivity index (χ1n) is 9.22. The Morgan fingerprint density at radius 1 is 1.07 bits per heavy atom. The van der Waals surface area contributed by atoms with Crippen LogP contribution in [0.1, 0.15) is 41.8 Å². The summed E-state index contributed by atoms with van der Waals surface area (Å²) in [6, 6.07) is 12.6. The molecule has 6 heteroatoms. The van der Waals surface area contributed by atoms with E-state index in [0.717, 1.165) is 23.2 Å². The summed E-state index contributed by atoms with van der Waals surface area (Å²) in [5.74, 6) is -0.973. The van der Waals surface area contributed by atoms with Gasteiger partial charge < -0.3 is 15.0 Å². The normalized spacial score (nSPS) is 10.3. The second kappa shape index (κ2) is 9.69.